The summed E-state index contributed by atoms with van der Waals surface area (Å²) in [7, 11) is -3.09. The fraction of sp³-hybridized carbons (Fsp3) is 0.174. The molecule has 0 bridgehead atoms. The maximum atomic E-state index is 14.0. The van der Waals surface area contributed by atoms with Gasteiger partial charge in [-0.1, -0.05) is 11.6 Å². The van der Waals surface area contributed by atoms with Crippen LogP contribution in [0, 0.1) is 23.3 Å². The van der Waals surface area contributed by atoms with Crippen LogP contribution in [0.25, 0.3) is 0 Å². The third-order valence-corrected chi connectivity index (χ3v) is 5.89. The second-order valence-electron chi connectivity index (χ2n) is 7.75. The van der Waals surface area contributed by atoms with Crippen molar-refractivity contribution in [1.29, 1.82) is 4.78 Å². The molecule has 186 valence electrons. The van der Waals surface area contributed by atoms with Crippen LogP contribution >= 0.6 is 11.6 Å². The topological polar surface area (TPSA) is 79.2 Å². The van der Waals surface area contributed by atoms with Crippen molar-refractivity contribution in [1.82, 2.24) is 0 Å². The molecule has 1 unspecified atom stereocenters. The number of alkyl halides is 3. The van der Waals surface area contributed by atoms with Gasteiger partial charge in [-0.2, -0.15) is 13.2 Å². The van der Waals surface area contributed by atoms with Gasteiger partial charge in [0.2, 0.25) is 0 Å². The van der Waals surface area contributed by atoms with E-state index in [1.165, 1.54) is 25.1 Å². The summed E-state index contributed by atoms with van der Waals surface area (Å²) in [6, 6.07) is 8.03. The SMILES string of the molecule is Cc1cc(F)ccc1Oc1cc(C(F)(F)F)c(Cl)cc1C(=O)Nc1ccc(F)c(CS(C)(=N)=O)c1. The van der Waals surface area contributed by atoms with Gasteiger partial charge in [-0.05, 0) is 61.0 Å². The van der Waals surface area contributed by atoms with Crippen LogP contribution in [0.15, 0.2) is 48.5 Å². The molecule has 0 fully saturated rings. The Balaban J connectivity index is 2.03. The van der Waals surface area contributed by atoms with Gasteiger partial charge < -0.3 is 10.1 Å². The third kappa shape index (κ3) is 6.70. The lowest BCUT2D eigenvalue weighted by Gasteiger charge is -2.17. The third-order valence-electron chi connectivity index (χ3n) is 4.71. The molecule has 5 nitrogen and oxygen atoms in total. The molecule has 0 spiro atoms. The van der Waals surface area contributed by atoms with Crippen LogP contribution < -0.4 is 10.1 Å². The van der Waals surface area contributed by atoms with Gasteiger partial charge in [0, 0.05) is 27.2 Å². The number of carbonyl (C=O) groups is 1. The Kier molecular flexibility index (Phi) is 7.42. The van der Waals surface area contributed by atoms with Gasteiger partial charge >= 0.3 is 6.18 Å². The zero-order valence-electron chi connectivity index (χ0n) is 18.2. The second kappa shape index (κ2) is 9.82. The fourth-order valence-electron chi connectivity index (χ4n) is 3.14. The molecule has 12 heteroatoms. The molecule has 0 aliphatic heterocycles. The highest BCUT2D eigenvalue weighted by Gasteiger charge is 2.35. The second-order valence-corrected chi connectivity index (χ2v) is 10.5. The summed E-state index contributed by atoms with van der Waals surface area (Å²) in [6.07, 6.45) is -3.72. The maximum absolute atomic E-state index is 14.0. The highest BCUT2D eigenvalue weighted by molar-refractivity contribution is 7.90. The van der Waals surface area contributed by atoms with Crippen molar-refractivity contribution in [2.75, 3.05) is 11.6 Å². The number of nitrogens with one attached hydrogen (secondary N) is 2. The summed E-state index contributed by atoms with van der Waals surface area (Å²) in [5, 5.41) is 1.65. The molecule has 3 aromatic rings. The molecular weight excluding hydrogens is 515 g/mol. The van der Waals surface area contributed by atoms with Gasteiger partial charge in [-0.15, -0.1) is 0 Å². The molecule has 0 aliphatic rings. The summed E-state index contributed by atoms with van der Waals surface area (Å²) in [5.74, 6) is -3.16. The minimum absolute atomic E-state index is 0.00752. The smallest absolute Gasteiger partial charge is 0.417 e. The van der Waals surface area contributed by atoms with E-state index in [1.54, 1.807) is 0 Å². The standard InChI is InChI=1S/C23H18ClF5N2O3S/c1-12-7-14(25)3-6-20(12)34-21-10-17(23(27,28)29)18(24)9-16(21)22(32)31-15-4-5-19(26)13(8-15)11-35(2,30)33/h3-10,30H,11H2,1-2H3,(H,31,32). The number of hydrogen-bond acceptors (Lipinski definition) is 4. The monoisotopic (exact) mass is 532 g/mol. The minimum Gasteiger partial charge on any atom is -0.456 e. The Labute approximate surface area is 202 Å². The van der Waals surface area contributed by atoms with Gasteiger partial charge in [0.25, 0.3) is 5.91 Å². The van der Waals surface area contributed by atoms with Gasteiger partial charge in [0.1, 0.15) is 23.1 Å². The zero-order valence-corrected chi connectivity index (χ0v) is 19.8. The highest BCUT2D eigenvalue weighted by Crippen LogP contribution is 2.40. The first-order valence-electron chi connectivity index (χ1n) is 9.80. The van der Waals surface area contributed by atoms with Gasteiger partial charge in [0.05, 0.1) is 21.9 Å². The van der Waals surface area contributed by atoms with Crippen LogP contribution in [0.3, 0.4) is 0 Å². The van der Waals surface area contributed by atoms with E-state index in [-0.39, 0.29) is 28.1 Å². The summed E-state index contributed by atoms with van der Waals surface area (Å²) in [6.45, 7) is 1.47. The highest BCUT2D eigenvalue weighted by atomic mass is 35.5. The molecule has 0 aliphatic carbocycles. The van der Waals surface area contributed by atoms with Crippen LogP contribution in [0.5, 0.6) is 11.5 Å². The quantitative estimate of drug-likeness (QED) is 0.330. The molecule has 35 heavy (non-hydrogen) atoms. The largest absolute Gasteiger partial charge is 0.456 e. The first-order valence-corrected chi connectivity index (χ1v) is 12.3. The number of ether oxygens (including phenoxy) is 1. The number of aryl methyl sites for hydroxylation is 1. The Morgan fingerprint density at radius 1 is 1.09 bits per heavy atom. The van der Waals surface area contributed by atoms with Crippen LogP contribution in [-0.4, -0.2) is 16.4 Å². The molecular formula is C23H18ClF5N2O3S. The predicted molar refractivity (Wildman–Crippen MR) is 123 cm³/mol. The van der Waals surface area contributed by atoms with Crippen molar-refractivity contribution in [2.24, 2.45) is 0 Å². The molecule has 0 heterocycles. The lowest BCUT2D eigenvalue weighted by Crippen LogP contribution is -2.15. The fourth-order valence-corrected chi connectivity index (χ4v) is 4.22. The number of hydrogen-bond donors (Lipinski definition) is 2. The van der Waals surface area contributed by atoms with Crippen LogP contribution in [0.1, 0.15) is 27.0 Å². The van der Waals surface area contributed by atoms with Crippen LogP contribution in [0.2, 0.25) is 5.02 Å². The lowest BCUT2D eigenvalue weighted by atomic mass is 10.1. The van der Waals surface area contributed by atoms with Crippen molar-refractivity contribution in [3.63, 3.8) is 0 Å². The normalized spacial score (nSPS) is 13.3. The molecule has 3 rings (SSSR count). The molecule has 0 saturated heterocycles. The van der Waals surface area contributed by atoms with Crippen molar-refractivity contribution in [2.45, 2.75) is 18.9 Å². The Morgan fingerprint density at radius 2 is 1.77 bits per heavy atom. The minimum atomic E-state index is -4.85. The van der Waals surface area contributed by atoms with E-state index in [4.69, 9.17) is 21.1 Å². The molecule has 0 saturated carbocycles. The van der Waals surface area contributed by atoms with Crippen molar-refractivity contribution >= 4 is 32.9 Å². The maximum Gasteiger partial charge on any atom is 0.417 e. The number of amides is 1. The lowest BCUT2D eigenvalue weighted by molar-refractivity contribution is -0.137. The Hall–Kier alpha value is -3.18. The molecule has 2 N–H and O–H groups in total. The van der Waals surface area contributed by atoms with E-state index in [1.807, 2.05) is 0 Å². The van der Waals surface area contributed by atoms with E-state index >= 15 is 0 Å². The van der Waals surface area contributed by atoms with Crippen LogP contribution in [-0.2, 0) is 21.7 Å². The van der Waals surface area contributed by atoms with Crippen molar-refractivity contribution in [3.8, 4) is 11.5 Å². The van der Waals surface area contributed by atoms with Crippen molar-refractivity contribution in [3.05, 3.63) is 87.4 Å². The van der Waals surface area contributed by atoms with Gasteiger partial charge in [-0.25, -0.2) is 13.0 Å². The van der Waals surface area contributed by atoms with Crippen molar-refractivity contribution < 1.29 is 35.7 Å². The average molecular weight is 533 g/mol. The van der Waals surface area contributed by atoms with E-state index in [0.29, 0.717) is 6.07 Å². The molecule has 1 amide bonds. The first kappa shape index (κ1) is 26.4. The Morgan fingerprint density at radius 3 is 2.37 bits per heavy atom. The van der Waals surface area contributed by atoms with Gasteiger partial charge in [-0.3, -0.25) is 9.57 Å². The number of benzene rings is 3. The van der Waals surface area contributed by atoms with E-state index in [0.717, 1.165) is 30.5 Å². The van der Waals surface area contributed by atoms with E-state index < -0.39 is 55.5 Å². The average Bonchev–Trinajstić information content (AvgIpc) is 2.71. The Bertz CT molecular complexity index is 1410. The van der Waals surface area contributed by atoms with Gasteiger partial charge in [0.15, 0.2) is 0 Å². The van der Waals surface area contributed by atoms with E-state index in [9.17, 15) is 31.0 Å². The molecule has 0 radical (unpaired) electrons. The predicted octanol–water partition coefficient (Wildman–Crippen LogP) is 7.17. The molecule has 3 aromatic carbocycles. The summed E-state index contributed by atoms with van der Waals surface area (Å²) < 4.78 is 92.6. The summed E-state index contributed by atoms with van der Waals surface area (Å²) in [4.78, 5) is 13.0. The molecule has 0 aromatic heterocycles. The summed E-state index contributed by atoms with van der Waals surface area (Å²) in [5.41, 5.74) is -1.41. The number of carbonyl (C=O) groups excluding carboxylic acids is 1. The summed E-state index contributed by atoms with van der Waals surface area (Å²) >= 11 is 5.80. The number of rotatable bonds is 6. The van der Waals surface area contributed by atoms with Crippen LogP contribution in [0.4, 0.5) is 27.6 Å². The van der Waals surface area contributed by atoms with E-state index in [2.05, 4.69) is 5.32 Å². The zero-order chi connectivity index (χ0) is 26.1. The number of anilines is 1. The first-order chi connectivity index (χ1) is 16.1. The number of halogens is 6. The molecule has 1 atom stereocenters.